The summed E-state index contributed by atoms with van der Waals surface area (Å²) >= 11 is 0. The standard InChI is InChI=1S/C40H78O21S.Na/c1-2-3-4-5-6-7-9-61-40(43)38(62(44,45)46)37-39(42)60-36-35-59-34-33-58-32-31-57-30-29-56-28-27-55-26-25-54-24-23-53-22-21-52-20-19-51-18-17-50-16-15-49-14-13-48-12-11-47-10-8-41;/h38,41H,2-37H2,1H3,(H,44,45,46);/q;+1/p-1. The molecule has 63 heavy (non-hydrogen) atoms. The normalized spacial score (nSPS) is 12.0. The average molecular weight is 949 g/mol. The van der Waals surface area contributed by atoms with Crippen LogP contribution in [-0.4, -0.2) is 227 Å². The van der Waals surface area contributed by atoms with Crippen LogP contribution >= 0.6 is 0 Å². The van der Waals surface area contributed by atoms with Crippen molar-refractivity contribution >= 4 is 22.1 Å². The third kappa shape index (κ3) is 50.5. The number of hydrogen-bond donors (Lipinski definition) is 1. The molecule has 23 heteroatoms. The van der Waals surface area contributed by atoms with Crippen LogP contribution in [0, 0.1) is 0 Å². The Hall–Kier alpha value is -0.710. The second kappa shape index (κ2) is 52.3. The molecular weight excluding hydrogens is 871 g/mol. The first-order valence-corrected chi connectivity index (χ1v) is 23.2. The first kappa shape index (κ1) is 64.4. The number of aliphatic hydroxyl groups excluding tert-OH is 1. The molecule has 1 unspecified atom stereocenters. The summed E-state index contributed by atoms with van der Waals surface area (Å²) in [5, 5.41) is 6.44. The second-order valence-corrected chi connectivity index (χ2v) is 14.6. The van der Waals surface area contributed by atoms with Crippen molar-refractivity contribution in [3.05, 3.63) is 0 Å². The average Bonchev–Trinajstić information content (AvgIpc) is 3.25. The number of carbonyl (C=O) groups excluding carboxylic acids is 2. The minimum absolute atomic E-state index is 0. The molecule has 0 rings (SSSR count). The molecule has 0 aliphatic carbocycles. The number of unbranched alkanes of at least 4 members (excludes halogenated alkanes) is 5. The number of aliphatic hydroxyl groups is 1. The van der Waals surface area contributed by atoms with Crippen LogP contribution < -0.4 is 29.6 Å². The summed E-state index contributed by atoms with van der Waals surface area (Å²) in [4.78, 5) is 24.1. The molecule has 0 aromatic carbocycles. The zero-order valence-electron chi connectivity index (χ0n) is 38.1. The number of hydrogen-bond acceptors (Lipinski definition) is 21. The molecule has 0 aromatic heterocycles. The van der Waals surface area contributed by atoms with Crippen LogP contribution in [0.4, 0.5) is 0 Å². The SMILES string of the molecule is CCCCCCCCOC(=O)C(CC(=O)OCCOCCOCCOCCOCCOCCOCCOCCOCCOCCOCCOCCOCCOCCO)S(=O)(=O)[O-].[Na+]. The summed E-state index contributed by atoms with van der Waals surface area (Å²) in [5.41, 5.74) is 0. The fourth-order valence-electron chi connectivity index (χ4n) is 4.68. The molecule has 0 radical (unpaired) electrons. The van der Waals surface area contributed by atoms with Gasteiger partial charge in [0.05, 0.1) is 191 Å². The van der Waals surface area contributed by atoms with Gasteiger partial charge < -0.3 is 80.7 Å². The first-order valence-electron chi connectivity index (χ1n) is 21.7. The fourth-order valence-corrected chi connectivity index (χ4v) is 5.33. The van der Waals surface area contributed by atoms with E-state index in [1.54, 1.807) is 0 Å². The summed E-state index contributed by atoms with van der Waals surface area (Å²) in [7, 11) is -5.10. The molecule has 0 amide bonds. The number of rotatable bonds is 52. The maximum Gasteiger partial charge on any atom is 1.00 e. The van der Waals surface area contributed by atoms with Crippen LogP contribution in [0.15, 0.2) is 0 Å². The molecule has 0 bridgehead atoms. The predicted molar refractivity (Wildman–Crippen MR) is 221 cm³/mol. The van der Waals surface area contributed by atoms with Gasteiger partial charge in [-0.2, -0.15) is 0 Å². The smallest absolute Gasteiger partial charge is 0.747 e. The number of esters is 2. The van der Waals surface area contributed by atoms with Crippen molar-refractivity contribution in [3.63, 3.8) is 0 Å². The number of ether oxygens (including phenoxy) is 15. The van der Waals surface area contributed by atoms with Gasteiger partial charge in [-0.25, -0.2) is 8.42 Å². The van der Waals surface area contributed by atoms with Gasteiger partial charge in [-0.15, -0.1) is 0 Å². The van der Waals surface area contributed by atoms with Gasteiger partial charge in [0.1, 0.15) is 16.7 Å². The van der Waals surface area contributed by atoms with Crippen molar-refractivity contribution < 1.29 is 128 Å². The van der Waals surface area contributed by atoms with E-state index >= 15 is 0 Å². The molecule has 0 aliphatic heterocycles. The van der Waals surface area contributed by atoms with Gasteiger partial charge in [0.2, 0.25) is 0 Å². The van der Waals surface area contributed by atoms with E-state index in [9.17, 15) is 22.6 Å². The van der Waals surface area contributed by atoms with Crippen LogP contribution in [0.3, 0.4) is 0 Å². The van der Waals surface area contributed by atoms with Crippen molar-refractivity contribution in [2.45, 2.75) is 57.1 Å². The Morgan fingerprint density at radius 3 is 0.968 bits per heavy atom. The van der Waals surface area contributed by atoms with Gasteiger partial charge in [-0.1, -0.05) is 39.0 Å². The van der Waals surface area contributed by atoms with Crippen LogP contribution in [0.1, 0.15) is 51.9 Å². The Morgan fingerprint density at radius 2 is 0.683 bits per heavy atom. The van der Waals surface area contributed by atoms with Gasteiger partial charge in [0, 0.05) is 0 Å². The van der Waals surface area contributed by atoms with E-state index in [0.717, 1.165) is 32.1 Å². The predicted octanol–water partition coefficient (Wildman–Crippen LogP) is -2.05. The molecule has 0 aromatic rings. The van der Waals surface area contributed by atoms with Crippen LogP contribution in [0.25, 0.3) is 0 Å². The Balaban J connectivity index is 0. The zero-order valence-corrected chi connectivity index (χ0v) is 40.9. The molecule has 0 fully saturated rings. The summed E-state index contributed by atoms with van der Waals surface area (Å²) in [5.74, 6) is -2.26. The van der Waals surface area contributed by atoms with Gasteiger partial charge in [0.25, 0.3) is 0 Å². The van der Waals surface area contributed by atoms with E-state index < -0.39 is 33.7 Å². The summed E-state index contributed by atoms with van der Waals surface area (Å²) in [6.07, 6.45) is 4.68. The Bertz CT molecular complexity index is 1060. The second-order valence-electron chi connectivity index (χ2n) is 13.0. The molecule has 21 nitrogen and oxygen atoms in total. The minimum atomic E-state index is -5.10. The van der Waals surface area contributed by atoms with Crippen LogP contribution in [0.2, 0.25) is 0 Å². The van der Waals surface area contributed by atoms with Crippen molar-refractivity contribution in [1.82, 2.24) is 0 Å². The summed E-state index contributed by atoms with van der Waals surface area (Å²) < 4.78 is 115. The molecule has 0 saturated carbocycles. The third-order valence-electron chi connectivity index (χ3n) is 7.90. The molecular formula is C40H77NaO21S. The van der Waals surface area contributed by atoms with Gasteiger partial charge in [0.15, 0.2) is 5.25 Å². The third-order valence-corrected chi connectivity index (χ3v) is 8.95. The van der Waals surface area contributed by atoms with Crippen LogP contribution in [0.5, 0.6) is 0 Å². The van der Waals surface area contributed by atoms with E-state index in [2.05, 4.69) is 6.92 Å². The van der Waals surface area contributed by atoms with Gasteiger partial charge >= 0.3 is 41.5 Å². The molecule has 1 atom stereocenters. The Kier molecular flexibility index (Phi) is 53.4. The van der Waals surface area contributed by atoms with Crippen molar-refractivity contribution in [1.29, 1.82) is 0 Å². The van der Waals surface area contributed by atoms with Gasteiger partial charge in [-0.05, 0) is 6.42 Å². The van der Waals surface area contributed by atoms with E-state index in [1.165, 1.54) is 0 Å². The minimum Gasteiger partial charge on any atom is -0.747 e. The summed E-state index contributed by atoms with van der Waals surface area (Å²) in [6, 6.07) is 0. The van der Waals surface area contributed by atoms with E-state index in [-0.39, 0.29) is 69.2 Å². The molecule has 0 saturated heterocycles. The Morgan fingerprint density at radius 1 is 0.413 bits per heavy atom. The molecule has 0 heterocycles. The van der Waals surface area contributed by atoms with E-state index in [0.29, 0.717) is 158 Å². The van der Waals surface area contributed by atoms with Crippen molar-refractivity contribution in [2.75, 3.05) is 192 Å². The first-order chi connectivity index (χ1) is 30.3. The topological polar surface area (TPSA) is 250 Å². The van der Waals surface area contributed by atoms with Crippen molar-refractivity contribution in [3.8, 4) is 0 Å². The molecule has 0 spiro atoms. The maximum atomic E-state index is 12.1. The van der Waals surface area contributed by atoms with Crippen molar-refractivity contribution in [2.24, 2.45) is 0 Å². The largest absolute Gasteiger partial charge is 1.00 e. The molecule has 0 aliphatic rings. The monoisotopic (exact) mass is 948 g/mol. The fraction of sp³-hybridized carbons (Fsp3) is 0.950. The van der Waals surface area contributed by atoms with E-state index in [1.807, 2.05) is 0 Å². The Labute approximate surface area is 397 Å². The zero-order chi connectivity index (χ0) is 45.3. The van der Waals surface area contributed by atoms with E-state index in [4.69, 9.17) is 76.2 Å². The summed E-state index contributed by atoms with van der Waals surface area (Å²) in [6.45, 7) is 12.6. The quantitative estimate of drug-likeness (QED) is 0.0298. The maximum absolute atomic E-state index is 12.1. The van der Waals surface area contributed by atoms with Crippen LogP contribution in [-0.2, 0) is 90.8 Å². The molecule has 1 N–H and O–H groups in total. The molecule has 370 valence electrons. The number of carbonyl (C=O) groups is 2. The van der Waals surface area contributed by atoms with Gasteiger partial charge in [-0.3, -0.25) is 9.59 Å².